The van der Waals surface area contributed by atoms with Gasteiger partial charge in [-0.2, -0.15) is 0 Å². The third-order valence-electron chi connectivity index (χ3n) is 3.87. The summed E-state index contributed by atoms with van der Waals surface area (Å²) in [4.78, 5) is 20.8. The maximum absolute atomic E-state index is 12.6. The maximum Gasteiger partial charge on any atom is 0.274 e. The van der Waals surface area contributed by atoms with Crippen LogP contribution in [0.4, 0.5) is 11.4 Å². The standard InChI is InChI=1S/C20H20N4O3/c1-26-16-5-6-17(19(11-16)27-2)24-20(25)18-10-15(7-9-22-18)23-13-14-4-3-8-21-12-14/h3-12H,13H2,1-2H3,(H,22,23)(H,24,25). The molecule has 1 aromatic carbocycles. The zero-order valence-electron chi connectivity index (χ0n) is 15.1. The summed E-state index contributed by atoms with van der Waals surface area (Å²) in [5, 5.41) is 6.07. The van der Waals surface area contributed by atoms with Gasteiger partial charge >= 0.3 is 0 Å². The van der Waals surface area contributed by atoms with Gasteiger partial charge in [0.15, 0.2) is 0 Å². The minimum absolute atomic E-state index is 0.295. The lowest BCUT2D eigenvalue weighted by Gasteiger charge is -2.12. The molecule has 3 rings (SSSR count). The highest BCUT2D eigenvalue weighted by molar-refractivity contribution is 6.04. The molecule has 2 heterocycles. The fourth-order valence-corrected chi connectivity index (χ4v) is 2.46. The van der Waals surface area contributed by atoms with Gasteiger partial charge in [0.1, 0.15) is 17.2 Å². The molecular weight excluding hydrogens is 344 g/mol. The van der Waals surface area contributed by atoms with Crippen molar-refractivity contribution in [2.24, 2.45) is 0 Å². The Morgan fingerprint density at radius 2 is 1.96 bits per heavy atom. The fraction of sp³-hybridized carbons (Fsp3) is 0.150. The van der Waals surface area contributed by atoms with E-state index in [1.807, 2.05) is 12.1 Å². The van der Waals surface area contributed by atoms with Crippen LogP contribution in [0.15, 0.2) is 61.1 Å². The number of carbonyl (C=O) groups is 1. The highest BCUT2D eigenvalue weighted by Crippen LogP contribution is 2.29. The Kier molecular flexibility index (Phi) is 5.84. The van der Waals surface area contributed by atoms with Gasteiger partial charge in [0.05, 0.1) is 19.9 Å². The molecule has 2 N–H and O–H groups in total. The average Bonchev–Trinajstić information content (AvgIpc) is 2.73. The van der Waals surface area contributed by atoms with Crippen LogP contribution in [0, 0.1) is 0 Å². The van der Waals surface area contributed by atoms with Crippen LogP contribution in [0.25, 0.3) is 0 Å². The summed E-state index contributed by atoms with van der Waals surface area (Å²) in [6, 6.07) is 12.5. The number of amides is 1. The molecule has 0 unspecified atom stereocenters. The van der Waals surface area contributed by atoms with Crippen molar-refractivity contribution in [2.45, 2.75) is 6.54 Å². The first-order valence-corrected chi connectivity index (χ1v) is 8.32. The van der Waals surface area contributed by atoms with Crippen molar-refractivity contribution < 1.29 is 14.3 Å². The molecule has 2 aromatic heterocycles. The quantitative estimate of drug-likeness (QED) is 0.669. The van der Waals surface area contributed by atoms with Gasteiger partial charge in [0.25, 0.3) is 5.91 Å². The van der Waals surface area contributed by atoms with E-state index in [1.165, 1.54) is 7.11 Å². The first-order valence-electron chi connectivity index (χ1n) is 8.32. The molecule has 0 aliphatic rings. The molecule has 0 aliphatic heterocycles. The molecule has 0 atom stereocenters. The predicted octanol–water partition coefficient (Wildman–Crippen LogP) is 3.36. The monoisotopic (exact) mass is 364 g/mol. The van der Waals surface area contributed by atoms with E-state index in [0.29, 0.717) is 29.4 Å². The Hall–Kier alpha value is -3.61. The number of aromatic nitrogens is 2. The SMILES string of the molecule is COc1ccc(NC(=O)c2cc(NCc3cccnc3)ccn2)c(OC)c1. The van der Waals surface area contributed by atoms with Gasteiger partial charge in [-0.15, -0.1) is 0 Å². The molecule has 138 valence electrons. The molecule has 1 amide bonds. The minimum Gasteiger partial charge on any atom is -0.497 e. The number of methoxy groups -OCH3 is 2. The van der Waals surface area contributed by atoms with E-state index in [-0.39, 0.29) is 5.91 Å². The third-order valence-corrected chi connectivity index (χ3v) is 3.87. The number of hydrogen-bond donors (Lipinski definition) is 2. The van der Waals surface area contributed by atoms with Crippen molar-refractivity contribution in [3.05, 3.63) is 72.3 Å². The first kappa shape index (κ1) is 18.2. The van der Waals surface area contributed by atoms with Gasteiger partial charge in [-0.25, -0.2) is 0 Å². The van der Waals surface area contributed by atoms with E-state index in [0.717, 1.165) is 11.3 Å². The molecule has 0 bridgehead atoms. The normalized spacial score (nSPS) is 10.1. The molecule has 27 heavy (non-hydrogen) atoms. The molecule has 0 spiro atoms. The number of carbonyl (C=O) groups excluding carboxylic acids is 1. The summed E-state index contributed by atoms with van der Waals surface area (Å²) in [5.74, 6) is 0.821. The van der Waals surface area contributed by atoms with Crippen molar-refractivity contribution >= 4 is 17.3 Å². The smallest absolute Gasteiger partial charge is 0.274 e. The lowest BCUT2D eigenvalue weighted by Crippen LogP contribution is -2.14. The summed E-state index contributed by atoms with van der Waals surface area (Å²) < 4.78 is 10.5. The Bertz CT molecular complexity index is 916. The maximum atomic E-state index is 12.6. The molecule has 7 heteroatoms. The summed E-state index contributed by atoms with van der Waals surface area (Å²) in [6.45, 7) is 0.602. The van der Waals surface area contributed by atoms with Crippen molar-refractivity contribution in [3.8, 4) is 11.5 Å². The van der Waals surface area contributed by atoms with Crippen LogP contribution >= 0.6 is 0 Å². The summed E-state index contributed by atoms with van der Waals surface area (Å²) >= 11 is 0. The minimum atomic E-state index is -0.330. The second kappa shape index (κ2) is 8.66. The summed E-state index contributed by atoms with van der Waals surface area (Å²) in [6.07, 6.45) is 5.11. The van der Waals surface area contributed by atoms with E-state index in [1.54, 1.807) is 56.0 Å². The number of benzene rings is 1. The van der Waals surface area contributed by atoms with E-state index in [2.05, 4.69) is 20.6 Å². The highest BCUT2D eigenvalue weighted by atomic mass is 16.5. The number of anilines is 2. The number of pyridine rings is 2. The number of hydrogen-bond acceptors (Lipinski definition) is 6. The van der Waals surface area contributed by atoms with Crippen LogP contribution in [0.5, 0.6) is 11.5 Å². The van der Waals surface area contributed by atoms with Crippen LogP contribution in [0.1, 0.15) is 16.1 Å². The molecule has 0 aliphatic carbocycles. The molecule has 0 saturated heterocycles. The molecular formula is C20H20N4O3. The Morgan fingerprint density at radius 3 is 2.70 bits per heavy atom. The number of ether oxygens (including phenoxy) is 2. The van der Waals surface area contributed by atoms with Crippen molar-refractivity contribution in [3.63, 3.8) is 0 Å². The lowest BCUT2D eigenvalue weighted by molar-refractivity contribution is 0.102. The second-order valence-corrected chi connectivity index (χ2v) is 5.66. The van der Waals surface area contributed by atoms with Crippen molar-refractivity contribution in [1.82, 2.24) is 9.97 Å². The van der Waals surface area contributed by atoms with E-state index in [4.69, 9.17) is 9.47 Å². The molecule has 0 saturated carbocycles. The zero-order valence-corrected chi connectivity index (χ0v) is 15.1. The van der Waals surface area contributed by atoms with Gasteiger partial charge in [-0.3, -0.25) is 14.8 Å². The summed E-state index contributed by atoms with van der Waals surface area (Å²) in [7, 11) is 3.10. The summed E-state index contributed by atoms with van der Waals surface area (Å²) in [5.41, 5.74) is 2.67. The van der Waals surface area contributed by atoms with E-state index in [9.17, 15) is 4.79 Å². The van der Waals surface area contributed by atoms with Crippen LogP contribution in [0.2, 0.25) is 0 Å². The third kappa shape index (κ3) is 4.72. The lowest BCUT2D eigenvalue weighted by atomic mass is 10.2. The molecule has 3 aromatic rings. The molecule has 7 nitrogen and oxygen atoms in total. The fourth-order valence-electron chi connectivity index (χ4n) is 2.46. The highest BCUT2D eigenvalue weighted by Gasteiger charge is 2.12. The average molecular weight is 364 g/mol. The van der Waals surface area contributed by atoms with Crippen molar-refractivity contribution in [1.29, 1.82) is 0 Å². The largest absolute Gasteiger partial charge is 0.497 e. The number of rotatable bonds is 7. The Labute approximate surface area is 157 Å². The van der Waals surface area contributed by atoms with Crippen LogP contribution in [-0.4, -0.2) is 30.1 Å². The van der Waals surface area contributed by atoms with Gasteiger partial charge in [-0.05, 0) is 35.9 Å². The Morgan fingerprint density at radius 1 is 1.07 bits per heavy atom. The predicted molar refractivity (Wildman–Crippen MR) is 103 cm³/mol. The molecule has 0 fully saturated rings. The van der Waals surface area contributed by atoms with Gasteiger partial charge < -0.3 is 20.1 Å². The second-order valence-electron chi connectivity index (χ2n) is 5.66. The molecule has 0 radical (unpaired) electrons. The van der Waals surface area contributed by atoms with E-state index < -0.39 is 0 Å². The van der Waals surface area contributed by atoms with Gasteiger partial charge in [0.2, 0.25) is 0 Å². The number of nitrogens with zero attached hydrogens (tertiary/aromatic N) is 2. The first-order chi connectivity index (χ1) is 13.2. The van der Waals surface area contributed by atoms with Crippen LogP contribution in [-0.2, 0) is 6.54 Å². The topological polar surface area (TPSA) is 85.4 Å². The van der Waals surface area contributed by atoms with Crippen LogP contribution < -0.4 is 20.1 Å². The Balaban J connectivity index is 1.70. The van der Waals surface area contributed by atoms with Crippen molar-refractivity contribution in [2.75, 3.05) is 24.9 Å². The van der Waals surface area contributed by atoms with E-state index >= 15 is 0 Å². The van der Waals surface area contributed by atoms with Crippen LogP contribution in [0.3, 0.4) is 0 Å². The van der Waals surface area contributed by atoms with Gasteiger partial charge in [0, 0.05) is 36.9 Å². The van der Waals surface area contributed by atoms with Gasteiger partial charge in [-0.1, -0.05) is 6.07 Å². The number of nitrogens with one attached hydrogen (secondary N) is 2. The zero-order chi connectivity index (χ0) is 19.1.